The summed E-state index contributed by atoms with van der Waals surface area (Å²) in [5.74, 6) is 0.736. The maximum absolute atomic E-state index is 13.9. The number of ether oxygens (including phenoxy) is 2. The highest BCUT2D eigenvalue weighted by atomic mass is 19.1. The molecule has 0 atom stereocenters. The number of benzene rings is 3. The molecular formula is C24H25F2NO2. The lowest BCUT2D eigenvalue weighted by atomic mass is 10.1. The van der Waals surface area contributed by atoms with Crippen LogP contribution < -0.4 is 14.8 Å². The van der Waals surface area contributed by atoms with Crippen molar-refractivity contribution in [3.63, 3.8) is 0 Å². The zero-order chi connectivity index (χ0) is 20.5. The molecule has 0 aliphatic heterocycles. The summed E-state index contributed by atoms with van der Waals surface area (Å²) in [7, 11) is 0. The summed E-state index contributed by atoms with van der Waals surface area (Å²) in [6.45, 7) is 3.86. The van der Waals surface area contributed by atoms with E-state index >= 15 is 0 Å². The average Bonchev–Trinajstić information content (AvgIpc) is 2.73. The van der Waals surface area contributed by atoms with Crippen LogP contribution in [-0.4, -0.2) is 13.2 Å². The molecule has 0 saturated carbocycles. The molecule has 3 aromatic carbocycles. The summed E-state index contributed by atoms with van der Waals surface area (Å²) in [6, 6.07) is 18.8. The number of rotatable bonds is 10. The third kappa shape index (κ3) is 6.03. The van der Waals surface area contributed by atoms with Crippen molar-refractivity contribution in [2.75, 3.05) is 13.2 Å². The lowest BCUT2D eigenvalue weighted by Gasteiger charge is -2.17. The SMILES string of the molecule is CCOc1cccc(CNCCc2ccc(F)cc2)c1OCc1ccccc1F. The van der Waals surface area contributed by atoms with Crippen LogP contribution >= 0.6 is 0 Å². The lowest BCUT2D eigenvalue weighted by molar-refractivity contribution is 0.262. The van der Waals surface area contributed by atoms with Gasteiger partial charge in [0, 0.05) is 17.7 Å². The zero-order valence-corrected chi connectivity index (χ0v) is 16.5. The zero-order valence-electron chi connectivity index (χ0n) is 16.5. The lowest BCUT2D eigenvalue weighted by Crippen LogP contribution is -2.17. The van der Waals surface area contributed by atoms with Gasteiger partial charge in [-0.05, 0) is 49.7 Å². The monoisotopic (exact) mass is 397 g/mol. The molecule has 0 amide bonds. The highest BCUT2D eigenvalue weighted by Crippen LogP contribution is 2.32. The molecule has 0 unspecified atom stereocenters. The van der Waals surface area contributed by atoms with Crippen molar-refractivity contribution in [1.29, 1.82) is 0 Å². The van der Waals surface area contributed by atoms with Crippen LogP contribution in [0.3, 0.4) is 0 Å². The van der Waals surface area contributed by atoms with Gasteiger partial charge in [0.1, 0.15) is 18.2 Å². The topological polar surface area (TPSA) is 30.5 Å². The standard InChI is InChI=1S/C24H25F2NO2/c1-2-28-23-9-5-7-19(16-27-15-14-18-10-12-21(25)13-11-18)24(23)29-17-20-6-3-4-8-22(20)26/h3-13,27H,2,14-17H2,1H3. The Morgan fingerprint density at radius 1 is 0.828 bits per heavy atom. The van der Waals surface area contributed by atoms with E-state index in [-0.39, 0.29) is 18.2 Å². The fourth-order valence-corrected chi connectivity index (χ4v) is 3.01. The molecule has 3 rings (SSSR count). The first-order valence-corrected chi connectivity index (χ1v) is 9.73. The van der Waals surface area contributed by atoms with Gasteiger partial charge in [0.2, 0.25) is 0 Å². The molecule has 0 spiro atoms. The van der Waals surface area contributed by atoms with Crippen LogP contribution in [0, 0.1) is 11.6 Å². The van der Waals surface area contributed by atoms with E-state index in [1.54, 1.807) is 30.3 Å². The van der Waals surface area contributed by atoms with Gasteiger partial charge in [-0.2, -0.15) is 0 Å². The van der Waals surface area contributed by atoms with Crippen LogP contribution in [0.15, 0.2) is 66.7 Å². The van der Waals surface area contributed by atoms with Crippen molar-refractivity contribution in [1.82, 2.24) is 5.32 Å². The summed E-state index contributed by atoms with van der Waals surface area (Å²) in [5.41, 5.74) is 2.50. The average molecular weight is 397 g/mol. The Morgan fingerprint density at radius 3 is 2.34 bits per heavy atom. The van der Waals surface area contributed by atoms with Crippen molar-refractivity contribution in [3.8, 4) is 11.5 Å². The summed E-state index contributed by atoms with van der Waals surface area (Å²) >= 11 is 0. The molecule has 152 valence electrons. The second-order valence-electron chi connectivity index (χ2n) is 6.61. The Kier molecular flexibility index (Phi) is 7.59. The first kappa shape index (κ1) is 20.8. The highest BCUT2D eigenvalue weighted by Gasteiger charge is 2.12. The normalized spacial score (nSPS) is 10.7. The molecule has 29 heavy (non-hydrogen) atoms. The Labute approximate surface area is 170 Å². The number of para-hydroxylation sites is 1. The Hall–Kier alpha value is -2.92. The van der Waals surface area contributed by atoms with E-state index in [1.165, 1.54) is 18.2 Å². The molecule has 1 N–H and O–H groups in total. The first-order valence-electron chi connectivity index (χ1n) is 9.73. The van der Waals surface area contributed by atoms with Crippen molar-refractivity contribution in [2.24, 2.45) is 0 Å². The molecule has 3 nitrogen and oxygen atoms in total. The molecule has 5 heteroatoms. The molecule has 0 aliphatic carbocycles. The second-order valence-corrected chi connectivity index (χ2v) is 6.61. The Morgan fingerprint density at radius 2 is 1.59 bits per heavy atom. The second kappa shape index (κ2) is 10.6. The highest BCUT2D eigenvalue weighted by molar-refractivity contribution is 5.46. The summed E-state index contributed by atoms with van der Waals surface area (Å²) < 4.78 is 38.6. The smallest absolute Gasteiger partial charge is 0.166 e. The Bertz CT molecular complexity index is 913. The molecule has 0 bridgehead atoms. The van der Waals surface area contributed by atoms with Crippen molar-refractivity contribution >= 4 is 0 Å². The van der Waals surface area contributed by atoms with Gasteiger partial charge < -0.3 is 14.8 Å². The minimum Gasteiger partial charge on any atom is -0.490 e. The maximum Gasteiger partial charge on any atom is 0.166 e. The number of hydrogen-bond donors (Lipinski definition) is 1. The predicted molar refractivity (Wildman–Crippen MR) is 110 cm³/mol. The predicted octanol–water partition coefficient (Wildman–Crippen LogP) is 5.27. The quantitative estimate of drug-likeness (QED) is 0.473. The van der Waals surface area contributed by atoms with Gasteiger partial charge in [0.05, 0.1) is 6.61 Å². The molecule has 0 radical (unpaired) electrons. The number of nitrogens with one attached hydrogen (secondary N) is 1. The molecule has 0 fully saturated rings. The fraction of sp³-hybridized carbons (Fsp3) is 0.250. The van der Waals surface area contributed by atoms with E-state index in [1.807, 2.05) is 25.1 Å². The first-order chi connectivity index (χ1) is 14.2. The third-order valence-corrected chi connectivity index (χ3v) is 4.51. The van der Waals surface area contributed by atoms with E-state index in [0.29, 0.717) is 30.2 Å². The van der Waals surface area contributed by atoms with E-state index in [0.717, 1.165) is 24.1 Å². The van der Waals surface area contributed by atoms with Crippen molar-refractivity contribution in [3.05, 3.63) is 95.1 Å². The summed E-state index contributed by atoms with van der Waals surface area (Å²) in [4.78, 5) is 0. The van der Waals surface area contributed by atoms with E-state index in [4.69, 9.17) is 9.47 Å². The molecule has 0 heterocycles. The van der Waals surface area contributed by atoms with E-state index in [2.05, 4.69) is 5.32 Å². The summed E-state index contributed by atoms with van der Waals surface area (Å²) in [5, 5.41) is 3.38. The van der Waals surface area contributed by atoms with E-state index in [9.17, 15) is 8.78 Å². The van der Waals surface area contributed by atoms with Gasteiger partial charge in [-0.1, -0.05) is 42.5 Å². The van der Waals surface area contributed by atoms with Crippen molar-refractivity contribution < 1.29 is 18.3 Å². The van der Waals surface area contributed by atoms with E-state index < -0.39 is 0 Å². The third-order valence-electron chi connectivity index (χ3n) is 4.51. The minimum atomic E-state index is -0.291. The van der Waals surface area contributed by atoms with Gasteiger partial charge in [0.15, 0.2) is 11.5 Å². The molecule has 3 aromatic rings. The maximum atomic E-state index is 13.9. The van der Waals surface area contributed by atoms with Gasteiger partial charge in [0.25, 0.3) is 0 Å². The van der Waals surface area contributed by atoms with Crippen molar-refractivity contribution in [2.45, 2.75) is 26.5 Å². The van der Waals surface area contributed by atoms with Crippen LogP contribution in [0.25, 0.3) is 0 Å². The largest absolute Gasteiger partial charge is 0.490 e. The van der Waals surface area contributed by atoms with Crippen LogP contribution in [0.5, 0.6) is 11.5 Å². The Balaban J connectivity index is 1.64. The molecule has 0 saturated heterocycles. The van der Waals surface area contributed by atoms with Gasteiger partial charge >= 0.3 is 0 Å². The van der Waals surface area contributed by atoms with Crippen LogP contribution in [0.4, 0.5) is 8.78 Å². The minimum absolute atomic E-state index is 0.124. The summed E-state index contributed by atoms with van der Waals surface area (Å²) in [6.07, 6.45) is 0.789. The van der Waals surface area contributed by atoms with Crippen LogP contribution in [0.1, 0.15) is 23.6 Å². The number of halogens is 2. The van der Waals surface area contributed by atoms with Crippen LogP contribution in [-0.2, 0) is 19.6 Å². The van der Waals surface area contributed by atoms with Gasteiger partial charge in [-0.3, -0.25) is 0 Å². The number of hydrogen-bond acceptors (Lipinski definition) is 3. The van der Waals surface area contributed by atoms with Crippen LogP contribution in [0.2, 0.25) is 0 Å². The molecule has 0 aliphatic rings. The van der Waals surface area contributed by atoms with Gasteiger partial charge in [-0.25, -0.2) is 8.78 Å². The fourth-order valence-electron chi connectivity index (χ4n) is 3.01. The molecular weight excluding hydrogens is 372 g/mol. The molecule has 0 aromatic heterocycles. The van der Waals surface area contributed by atoms with Gasteiger partial charge in [-0.15, -0.1) is 0 Å².